The van der Waals surface area contributed by atoms with E-state index in [9.17, 15) is 0 Å². The highest BCUT2D eigenvalue weighted by Crippen LogP contribution is 2.10. The maximum atomic E-state index is 9.12. The lowest BCUT2D eigenvalue weighted by atomic mass is 10.1. The van der Waals surface area contributed by atoms with Crippen LogP contribution in [-0.4, -0.2) is 30.8 Å². The summed E-state index contributed by atoms with van der Waals surface area (Å²) in [6, 6.07) is 0.102. The van der Waals surface area contributed by atoms with Crippen molar-refractivity contribution in [3.8, 4) is 0 Å². The second-order valence-corrected chi connectivity index (χ2v) is 3.68. The van der Waals surface area contributed by atoms with E-state index in [4.69, 9.17) is 5.11 Å². The van der Waals surface area contributed by atoms with Gasteiger partial charge in [0, 0.05) is 24.8 Å². The first-order valence-electron chi connectivity index (χ1n) is 5.55. The van der Waals surface area contributed by atoms with E-state index in [1.54, 1.807) is 6.08 Å². The second-order valence-electron chi connectivity index (χ2n) is 3.68. The Morgan fingerprint density at radius 3 is 2.94 bits per heavy atom. The molecule has 16 heavy (non-hydrogen) atoms. The summed E-state index contributed by atoms with van der Waals surface area (Å²) < 4.78 is 0. The van der Waals surface area contributed by atoms with Crippen molar-refractivity contribution in [3.63, 3.8) is 0 Å². The summed E-state index contributed by atoms with van der Waals surface area (Å²) in [6.07, 6.45) is 9.79. The van der Waals surface area contributed by atoms with Gasteiger partial charge in [0.25, 0.3) is 0 Å². The molecule has 0 aromatic carbocycles. The molecule has 0 unspecified atom stereocenters. The third-order valence-electron chi connectivity index (χ3n) is 2.46. The molecule has 0 aromatic rings. The zero-order valence-corrected chi connectivity index (χ0v) is 9.74. The van der Waals surface area contributed by atoms with E-state index >= 15 is 0 Å². The minimum atomic E-state index is 0.102. The minimum absolute atomic E-state index is 0.102. The van der Waals surface area contributed by atoms with Gasteiger partial charge in [0.1, 0.15) is 0 Å². The average molecular weight is 220 g/mol. The van der Waals surface area contributed by atoms with Crippen LogP contribution in [0.15, 0.2) is 48.2 Å². The number of rotatable bonds is 3. The number of hydrogen-bond acceptors (Lipinski definition) is 3. The Hall–Kier alpha value is -1.32. The fraction of sp³-hybridized carbons (Fsp3) is 0.385. The Bertz CT molecular complexity index is 316. The number of aliphatic hydroxyl groups excluding tert-OH is 1. The predicted octanol–water partition coefficient (Wildman–Crippen LogP) is 1.11. The summed E-state index contributed by atoms with van der Waals surface area (Å²) in [7, 11) is 0. The molecule has 1 heterocycles. The summed E-state index contributed by atoms with van der Waals surface area (Å²) in [4.78, 5) is 0. The molecule has 0 aromatic heterocycles. The van der Waals surface area contributed by atoms with Crippen molar-refractivity contribution in [2.75, 3.05) is 19.7 Å². The molecule has 0 bridgehead atoms. The quantitative estimate of drug-likeness (QED) is 0.667. The first-order valence-corrected chi connectivity index (χ1v) is 5.55. The Kier molecular flexibility index (Phi) is 5.61. The van der Waals surface area contributed by atoms with Crippen LogP contribution in [0.2, 0.25) is 0 Å². The molecule has 0 aliphatic carbocycles. The molecule has 0 saturated carbocycles. The van der Waals surface area contributed by atoms with E-state index in [-0.39, 0.29) is 12.6 Å². The van der Waals surface area contributed by atoms with Crippen molar-refractivity contribution in [2.24, 2.45) is 0 Å². The molecule has 3 nitrogen and oxygen atoms in total. The van der Waals surface area contributed by atoms with E-state index in [0.717, 1.165) is 24.4 Å². The lowest BCUT2D eigenvalue weighted by Crippen LogP contribution is -2.37. The molecule has 1 aliphatic heterocycles. The topological polar surface area (TPSA) is 44.3 Å². The molecule has 1 fully saturated rings. The van der Waals surface area contributed by atoms with Crippen LogP contribution in [0.1, 0.15) is 6.92 Å². The van der Waals surface area contributed by atoms with E-state index in [0.29, 0.717) is 0 Å². The van der Waals surface area contributed by atoms with Crippen molar-refractivity contribution in [1.29, 1.82) is 0 Å². The van der Waals surface area contributed by atoms with Crippen LogP contribution < -0.4 is 10.6 Å². The molecule has 88 valence electrons. The maximum absolute atomic E-state index is 9.12. The van der Waals surface area contributed by atoms with E-state index in [1.165, 1.54) is 0 Å². The largest absolute Gasteiger partial charge is 0.395 e. The van der Waals surface area contributed by atoms with Crippen LogP contribution in [0.3, 0.4) is 0 Å². The Morgan fingerprint density at radius 2 is 2.31 bits per heavy atom. The summed E-state index contributed by atoms with van der Waals surface area (Å²) in [5.74, 6) is 0. The van der Waals surface area contributed by atoms with Gasteiger partial charge in [-0.1, -0.05) is 30.9 Å². The van der Waals surface area contributed by atoms with E-state index in [2.05, 4.69) is 17.2 Å². The van der Waals surface area contributed by atoms with Gasteiger partial charge in [-0.25, -0.2) is 0 Å². The minimum Gasteiger partial charge on any atom is -0.395 e. The van der Waals surface area contributed by atoms with Crippen molar-refractivity contribution in [3.05, 3.63) is 48.2 Å². The van der Waals surface area contributed by atoms with Crippen molar-refractivity contribution >= 4 is 0 Å². The number of hydrogen-bond donors (Lipinski definition) is 3. The highest BCUT2D eigenvalue weighted by molar-refractivity contribution is 5.36. The fourth-order valence-electron chi connectivity index (χ4n) is 1.55. The van der Waals surface area contributed by atoms with E-state index in [1.807, 2.05) is 31.2 Å². The lowest BCUT2D eigenvalue weighted by molar-refractivity contribution is 0.247. The van der Waals surface area contributed by atoms with Crippen LogP contribution >= 0.6 is 0 Å². The summed E-state index contributed by atoms with van der Waals surface area (Å²) in [5.41, 5.74) is 2.24. The molecule has 3 heteroatoms. The van der Waals surface area contributed by atoms with Gasteiger partial charge in [0.2, 0.25) is 0 Å². The molecular weight excluding hydrogens is 200 g/mol. The summed E-state index contributed by atoms with van der Waals surface area (Å²) in [6.45, 7) is 7.32. The SMILES string of the molecule is C=C/C=C1/CN[C@H](CO)CN/C1=C/C=C\C. The number of allylic oxidation sites excluding steroid dienone is 5. The smallest absolute Gasteiger partial charge is 0.0601 e. The third-order valence-corrected chi connectivity index (χ3v) is 2.46. The molecule has 1 aliphatic rings. The Labute approximate surface area is 97.2 Å². The van der Waals surface area contributed by atoms with E-state index < -0.39 is 0 Å². The van der Waals surface area contributed by atoms with Gasteiger partial charge >= 0.3 is 0 Å². The van der Waals surface area contributed by atoms with Crippen LogP contribution in [0.25, 0.3) is 0 Å². The standard InChI is InChI=1S/C13H20N2O/c1-3-5-7-13-11(6-4-2)8-14-12(10-16)9-15-13/h3-7,12,14-16H,2,8-10H2,1H3/b5-3-,11-6-,13-7+/t12-/m0/s1. The first-order chi connectivity index (χ1) is 7.81. The van der Waals surface area contributed by atoms with Crippen LogP contribution in [-0.2, 0) is 0 Å². The fourth-order valence-corrected chi connectivity index (χ4v) is 1.55. The monoisotopic (exact) mass is 220 g/mol. The van der Waals surface area contributed by atoms with Gasteiger partial charge in [-0.15, -0.1) is 0 Å². The Morgan fingerprint density at radius 1 is 1.50 bits per heavy atom. The van der Waals surface area contributed by atoms with Gasteiger partial charge in [0.05, 0.1) is 6.61 Å². The van der Waals surface area contributed by atoms with Crippen LogP contribution in [0.5, 0.6) is 0 Å². The van der Waals surface area contributed by atoms with Crippen LogP contribution in [0, 0.1) is 0 Å². The van der Waals surface area contributed by atoms with Gasteiger partial charge in [-0.2, -0.15) is 0 Å². The predicted molar refractivity (Wildman–Crippen MR) is 68.1 cm³/mol. The molecule has 0 radical (unpaired) electrons. The summed E-state index contributed by atoms with van der Waals surface area (Å²) in [5, 5.41) is 15.7. The highest BCUT2D eigenvalue weighted by Gasteiger charge is 2.14. The zero-order chi connectivity index (χ0) is 11.8. The lowest BCUT2D eigenvalue weighted by Gasteiger charge is -2.11. The van der Waals surface area contributed by atoms with Gasteiger partial charge in [-0.05, 0) is 18.6 Å². The molecule has 1 rings (SSSR count). The van der Waals surface area contributed by atoms with Crippen molar-refractivity contribution in [1.82, 2.24) is 10.6 Å². The first kappa shape index (κ1) is 12.7. The summed E-state index contributed by atoms with van der Waals surface area (Å²) >= 11 is 0. The Balaban J connectivity index is 2.85. The molecule has 1 atom stereocenters. The number of nitrogens with one attached hydrogen (secondary N) is 2. The van der Waals surface area contributed by atoms with Crippen LogP contribution in [0.4, 0.5) is 0 Å². The molecule has 3 N–H and O–H groups in total. The molecule has 0 spiro atoms. The third kappa shape index (κ3) is 3.68. The van der Waals surface area contributed by atoms with Crippen molar-refractivity contribution in [2.45, 2.75) is 13.0 Å². The van der Waals surface area contributed by atoms with Gasteiger partial charge in [0.15, 0.2) is 0 Å². The molecule has 1 saturated heterocycles. The average Bonchev–Trinajstić information content (AvgIpc) is 2.50. The van der Waals surface area contributed by atoms with Gasteiger partial charge in [-0.3, -0.25) is 0 Å². The van der Waals surface area contributed by atoms with Crippen molar-refractivity contribution < 1.29 is 5.11 Å². The van der Waals surface area contributed by atoms with Gasteiger partial charge < -0.3 is 15.7 Å². The number of aliphatic hydroxyl groups is 1. The zero-order valence-electron chi connectivity index (χ0n) is 9.74. The normalized spacial score (nSPS) is 27.0. The second kappa shape index (κ2) is 7.04. The highest BCUT2D eigenvalue weighted by atomic mass is 16.3. The molecule has 0 amide bonds. The molecular formula is C13H20N2O. The maximum Gasteiger partial charge on any atom is 0.0601 e.